The molecule has 191 valence electrons. The third-order valence-electron chi connectivity index (χ3n) is 7.25. The highest BCUT2D eigenvalue weighted by atomic mass is 19.4. The number of nitrogens with one attached hydrogen (secondary N) is 1. The number of benzene rings is 1. The van der Waals surface area contributed by atoms with Crippen LogP contribution in [-0.4, -0.2) is 67.4 Å². The molecule has 0 atom stereocenters. The van der Waals surface area contributed by atoms with Crippen molar-refractivity contribution in [1.82, 2.24) is 29.3 Å². The van der Waals surface area contributed by atoms with Gasteiger partial charge in [0.2, 0.25) is 0 Å². The molecule has 0 spiro atoms. The maximum Gasteiger partial charge on any atom is 0.416 e. The number of hydrogen-bond acceptors (Lipinski definition) is 4. The molecule has 4 aromatic rings. The zero-order chi connectivity index (χ0) is 25.7. The third kappa shape index (κ3) is 4.37. The molecule has 7 nitrogen and oxygen atoms in total. The number of halogens is 4. The van der Waals surface area contributed by atoms with Crippen LogP contribution in [0.5, 0.6) is 0 Å². The highest BCUT2D eigenvalue weighted by Gasteiger charge is 2.37. The van der Waals surface area contributed by atoms with Gasteiger partial charge in [0.1, 0.15) is 17.8 Å². The van der Waals surface area contributed by atoms with Crippen LogP contribution in [0.4, 0.5) is 17.6 Å². The van der Waals surface area contributed by atoms with Gasteiger partial charge in [-0.25, -0.2) is 14.4 Å². The molecule has 0 aliphatic carbocycles. The minimum absolute atomic E-state index is 0.260. The topological polar surface area (TPSA) is 70.1 Å². The SMILES string of the molecule is O=C(c1cc(C(F)(F)F)ccc1F)N1CCC(N2C[C](n3ccc(-c4ncnc5[nH]ccc45)c3)C2)CC1. The van der Waals surface area contributed by atoms with Gasteiger partial charge in [0, 0.05) is 61.8 Å². The molecule has 6 rings (SSSR count). The van der Waals surface area contributed by atoms with Crippen LogP contribution in [0.3, 0.4) is 0 Å². The monoisotopic (exact) mass is 511 g/mol. The van der Waals surface area contributed by atoms with Crippen molar-refractivity contribution in [2.24, 2.45) is 0 Å². The Bertz CT molecular complexity index is 1450. The minimum Gasteiger partial charge on any atom is -0.346 e. The van der Waals surface area contributed by atoms with Crippen LogP contribution in [0.25, 0.3) is 22.3 Å². The Balaban J connectivity index is 1.05. The fourth-order valence-electron chi connectivity index (χ4n) is 5.15. The van der Waals surface area contributed by atoms with Crippen LogP contribution in [0, 0.1) is 11.9 Å². The van der Waals surface area contributed by atoms with E-state index in [1.165, 1.54) is 10.9 Å². The van der Waals surface area contributed by atoms with E-state index in [0.717, 1.165) is 35.4 Å². The molecule has 37 heavy (non-hydrogen) atoms. The first-order valence-corrected chi connectivity index (χ1v) is 12.0. The summed E-state index contributed by atoms with van der Waals surface area (Å²) in [5.74, 6) is -1.63. The summed E-state index contributed by atoms with van der Waals surface area (Å²) in [6, 6.07) is 7.46. The molecule has 2 saturated heterocycles. The van der Waals surface area contributed by atoms with Gasteiger partial charge in [-0.1, -0.05) is 0 Å². The van der Waals surface area contributed by atoms with Gasteiger partial charge in [-0.05, 0) is 43.2 Å². The molecule has 5 heterocycles. The fourth-order valence-corrected chi connectivity index (χ4v) is 5.15. The number of nitrogens with zero attached hydrogens (tertiary/aromatic N) is 5. The number of likely N-dealkylation sites (tertiary alicyclic amines) is 2. The Morgan fingerprint density at radius 3 is 2.59 bits per heavy atom. The van der Waals surface area contributed by atoms with E-state index in [4.69, 9.17) is 0 Å². The minimum atomic E-state index is -4.63. The molecule has 0 unspecified atom stereocenters. The van der Waals surface area contributed by atoms with E-state index in [1.807, 2.05) is 24.5 Å². The predicted octanol–water partition coefficient (Wildman–Crippen LogP) is 4.58. The maximum atomic E-state index is 14.2. The Morgan fingerprint density at radius 2 is 1.84 bits per heavy atom. The number of hydrogen-bond donors (Lipinski definition) is 1. The van der Waals surface area contributed by atoms with Crippen molar-refractivity contribution in [3.05, 3.63) is 78.2 Å². The average molecular weight is 512 g/mol. The van der Waals surface area contributed by atoms with Crippen LogP contribution in [-0.2, 0) is 6.18 Å². The van der Waals surface area contributed by atoms with E-state index in [-0.39, 0.29) is 6.04 Å². The zero-order valence-electron chi connectivity index (χ0n) is 19.7. The second kappa shape index (κ2) is 8.98. The number of H-pyrrole nitrogens is 1. The van der Waals surface area contributed by atoms with Crippen molar-refractivity contribution in [2.45, 2.75) is 25.1 Å². The zero-order valence-corrected chi connectivity index (χ0v) is 19.7. The second-order valence-electron chi connectivity index (χ2n) is 9.46. The molecule has 3 aromatic heterocycles. The molecular weight excluding hydrogens is 488 g/mol. The van der Waals surface area contributed by atoms with Crippen molar-refractivity contribution >= 4 is 16.9 Å². The van der Waals surface area contributed by atoms with Crippen LogP contribution in [0.1, 0.15) is 28.8 Å². The Labute approximate surface area is 209 Å². The van der Waals surface area contributed by atoms with E-state index < -0.39 is 29.0 Å². The van der Waals surface area contributed by atoms with Crippen LogP contribution < -0.4 is 0 Å². The summed E-state index contributed by atoms with van der Waals surface area (Å²) in [5.41, 5.74) is 1.11. The van der Waals surface area contributed by atoms with Gasteiger partial charge < -0.3 is 14.5 Å². The largest absolute Gasteiger partial charge is 0.416 e. The molecule has 2 fully saturated rings. The van der Waals surface area contributed by atoms with E-state index in [0.29, 0.717) is 44.1 Å². The molecular formula is C26H23F4N6O. The molecule has 1 amide bonds. The number of carbonyl (C=O) groups excluding carboxylic acids is 1. The molecule has 2 aliphatic rings. The van der Waals surface area contributed by atoms with Gasteiger partial charge in [0.05, 0.1) is 22.9 Å². The van der Waals surface area contributed by atoms with Crippen molar-refractivity contribution in [3.63, 3.8) is 0 Å². The number of aromatic nitrogens is 4. The molecule has 0 bridgehead atoms. The van der Waals surface area contributed by atoms with E-state index in [1.54, 1.807) is 6.33 Å². The Morgan fingerprint density at radius 1 is 1.05 bits per heavy atom. The van der Waals surface area contributed by atoms with Crippen molar-refractivity contribution in [3.8, 4) is 11.3 Å². The summed E-state index contributed by atoms with van der Waals surface area (Å²) in [6.07, 6.45) is 4.20. The first-order chi connectivity index (χ1) is 17.8. The number of alkyl halides is 3. The second-order valence-corrected chi connectivity index (χ2v) is 9.46. The summed E-state index contributed by atoms with van der Waals surface area (Å²) in [6.45, 7) is 2.33. The summed E-state index contributed by atoms with van der Waals surface area (Å²) in [7, 11) is 0. The van der Waals surface area contributed by atoms with Gasteiger partial charge in [-0.15, -0.1) is 0 Å². The van der Waals surface area contributed by atoms with E-state index in [9.17, 15) is 22.4 Å². The van der Waals surface area contributed by atoms with Gasteiger partial charge in [-0.3, -0.25) is 9.69 Å². The van der Waals surface area contributed by atoms with Crippen LogP contribution >= 0.6 is 0 Å². The lowest BCUT2D eigenvalue weighted by molar-refractivity contribution is -0.137. The summed E-state index contributed by atoms with van der Waals surface area (Å²) < 4.78 is 55.3. The lowest BCUT2D eigenvalue weighted by atomic mass is 9.96. The highest BCUT2D eigenvalue weighted by molar-refractivity contribution is 5.95. The molecule has 1 aromatic carbocycles. The lowest BCUT2D eigenvalue weighted by Gasteiger charge is -2.47. The summed E-state index contributed by atoms with van der Waals surface area (Å²) >= 11 is 0. The van der Waals surface area contributed by atoms with Gasteiger partial charge >= 0.3 is 6.18 Å². The smallest absolute Gasteiger partial charge is 0.346 e. The number of carbonyl (C=O) groups is 1. The quantitative estimate of drug-likeness (QED) is 0.407. The number of rotatable bonds is 4. The van der Waals surface area contributed by atoms with Gasteiger partial charge in [0.25, 0.3) is 5.91 Å². The third-order valence-corrected chi connectivity index (χ3v) is 7.25. The molecule has 1 N–H and O–H groups in total. The highest BCUT2D eigenvalue weighted by Crippen LogP contribution is 2.33. The van der Waals surface area contributed by atoms with Crippen LogP contribution in [0.15, 0.2) is 55.2 Å². The Kier molecular flexibility index (Phi) is 5.74. The molecule has 11 heteroatoms. The Hall–Kier alpha value is -3.73. The summed E-state index contributed by atoms with van der Waals surface area (Å²) in [5, 5.41) is 0.965. The van der Waals surface area contributed by atoms with Gasteiger partial charge in [0.15, 0.2) is 0 Å². The van der Waals surface area contributed by atoms with Crippen LogP contribution in [0.2, 0.25) is 0 Å². The first kappa shape index (κ1) is 23.7. The predicted molar refractivity (Wildman–Crippen MR) is 128 cm³/mol. The molecule has 2 aliphatic heterocycles. The molecule has 0 saturated carbocycles. The van der Waals surface area contributed by atoms with Crippen molar-refractivity contribution < 1.29 is 22.4 Å². The first-order valence-electron chi connectivity index (χ1n) is 12.0. The molecule has 1 radical (unpaired) electrons. The van der Waals surface area contributed by atoms with Crippen molar-refractivity contribution in [2.75, 3.05) is 26.2 Å². The lowest BCUT2D eigenvalue weighted by Crippen LogP contribution is -2.56. The standard InChI is InChI=1S/C26H23F4N6O/c27-22-2-1-17(26(28,29)30)11-21(22)25(37)34-9-5-18(6-10-34)36-13-19(14-36)35-8-4-16(12-35)23-20-3-7-31-24(20)33-15-32-23/h1-4,7-8,11-12,15,18H,5-6,9-10,13-14H2,(H,31,32,33). The van der Waals surface area contributed by atoms with E-state index >= 15 is 0 Å². The number of aromatic amines is 1. The van der Waals surface area contributed by atoms with E-state index in [2.05, 4.69) is 30.6 Å². The average Bonchev–Trinajstić information content (AvgIpc) is 3.53. The number of piperidine rings is 1. The number of amides is 1. The summed E-state index contributed by atoms with van der Waals surface area (Å²) in [4.78, 5) is 28.3. The fraction of sp³-hybridized carbons (Fsp3) is 0.308. The number of fused-ring (bicyclic) bond motifs is 1. The van der Waals surface area contributed by atoms with Gasteiger partial charge in [-0.2, -0.15) is 13.2 Å². The normalized spacial score (nSPS) is 17.9. The maximum absolute atomic E-state index is 14.2. The van der Waals surface area contributed by atoms with Crippen molar-refractivity contribution in [1.29, 1.82) is 0 Å².